The highest BCUT2D eigenvalue weighted by Gasteiger charge is 2.03. The van der Waals surface area contributed by atoms with Gasteiger partial charge in [-0.25, -0.2) is 4.98 Å². The molecule has 0 saturated heterocycles. The SMILES string of the molecule is CCc1cc(NC(=O)C=O)cnc1N.CO. The number of anilines is 2. The van der Waals surface area contributed by atoms with Crippen LogP contribution in [-0.4, -0.2) is 29.4 Å². The minimum absolute atomic E-state index is 0.210. The molecule has 1 aromatic heterocycles. The minimum Gasteiger partial charge on any atom is -0.400 e. The highest BCUT2D eigenvalue weighted by molar-refractivity contribution is 6.29. The molecule has 6 nitrogen and oxygen atoms in total. The van der Waals surface area contributed by atoms with Crippen molar-refractivity contribution in [2.75, 3.05) is 18.2 Å². The van der Waals surface area contributed by atoms with E-state index in [-0.39, 0.29) is 6.29 Å². The number of nitrogens with one attached hydrogen (secondary N) is 1. The van der Waals surface area contributed by atoms with Crippen LogP contribution in [0, 0.1) is 0 Å². The fourth-order valence-electron chi connectivity index (χ4n) is 1.04. The predicted molar refractivity (Wildman–Crippen MR) is 60.9 cm³/mol. The first-order chi connectivity index (χ1) is 7.67. The van der Waals surface area contributed by atoms with Gasteiger partial charge in [-0.2, -0.15) is 0 Å². The molecule has 88 valence electrons. The smallest absolute Gasteiger partial charge is 0.288 e. The van der Waals surface area contributed by atoms with Crippen molar-refractivity contribution < 1.29 is 14.7 Å². The number of carbonyl (C=O) groups is 2. The van der Waals surface area contributed by atoms with Crippen molar-refractivity contribution in [3.8, 4) is 0 Å². The number of nitrogen functional groups attached to an aromatic ring is 1. The first-order valence-corrected chi connectivity index (χ1v) is 4.62. The average Bonchev–Trinajstić information content (AvgIpc) is 2.34. The molecular formula is C10H15N3O3. The second-order valence-corrected chi connectivity index (χ2v) is 2.73. The molecule has 0 saturated carbocycles. The fraction of sp³-hybridized carbons (Fsp3) is 0.300. The highest BCUT2D eigenvalue weighted by atomic mass is 16.2. The van der Waals surface area contributed by atoms with Gasteiger partial charge in [-0.1, -0.05) is 6.92 Å². The molecule has 0 aliphatic carbocycles. The van der Waals surface area contributed by atoms with Crippen LogP contribution in [0.1, 0.15) is 12.5 Å². The number of hydrogen-bond acceptors (Lipinski definition) is 5. The molecule has 1 rings (SSSR count). The van der Waals surface area contributed by atoms with Crippen molar-refractivity contribution in [2.45, 2.75) is 13.3 Å². The van der Waals surface area contributed by atoms with Crippen molar-refractivity contribution in [1.82, 2.24) is 4.98 Å². The summed E-state index contributed by atoms with van der Waals surface area (Å²) >= 11 is 0. The fourth-order valence-corrected chi connectivity index (χ4v) is 1.04. The zero-order chi connectivity index (χ0) is 12.6. The number of nitrogens with zero attached hydrogens (tertiary/aromatic N) is 1. The lowest BCUT2D eigenvalue weighted by molar-refractivity contribution is -0.127. The number of amides is 1. The Bertz CT molecular complexity index is 366. The van der Waals surface area contributed by atoms with E-state index in [2.05, 4.69) is 10.3 Å². The Morgan fingerprint density at radius 2 is 2.25 bits per heavy atom. The van der Waals surface area contributed by atoms with Crippen molar-refractivity contribution in [3.05, 3.63) is 17.8 Å². The number of nitrogens with two attached hydrogens (primary N) is 1. The molecule has 16 heavy (non-hydrogen) atoms. The Kier molecular flexibility index (Phi) is 6.46. The first kappa shape index (κ1) is 14.0. The number of pyridine rings is 1. The molecule has 1 heterocycles. The molecule has 1 amide bonds. The third-order valence-electron chi connectivity index (χ3n) is 1.76. The summed E-state index contributed by atoms with van der Waals surface area (Å²) in [5.74, 6) is -0.254. The number of aromatic nitrogens is 1. The van der Waals surface area contributed by atoms with Crippen LogP contribution in [0.2, 0.25) is 0 Å². The second kappa shape index (κ2) is 7.36. The zero-order valence-electron chi connectivity index (χ0n) is 9.23. The van der Waals surface area contributed by atoms with E-state index in [4.69, 9.17) is 10.8 Å². The maximum absolute atomic E-state index is 10.7. The molecule has 0 aliphatic rings. The molecule has 0 atom stereocenters. The van der Waals surface area contributed by atoms with E-state index in [9.17, 15) is 9.59 Å². The van der Waals surface area contributed by atoms with Gasteiger partial charge in [-0.05, 0) is 18.1 Å². The summed E-state index contributed by atoms with van der Waals surface area (Å²) in [6.07, 6.45) is 2.35. The van der Waals surface area contributed by atoms with Gasteiger partial charge in [0.25, 0.3) is 5.91 Å². The average molecular weight is 225 g/mol. The third kappa shape index (κ3) is 4.05. The number of carbonyl (C=O) groups excluding carboxylic acids is 2. The Labute approximate surface area is 93.5 Å². The van der Waals surface area contributed by atoms with Gasteiger partial charge in [0, 0.05) is 7.11 Å². The van der Waals surface area contributed by atoms with Crippen LogP contribution in [0.15, 0.2) is 12.3 Å². The quantitative estimate of drug-likeness (QED) is 0.495. The topological polar surface area (TPSA) is 105 Å². The van der Waals surface area contributed by atoms with Crippen LogP contribution >= 0.6 is 0 Å². The van der Waals surface area contributed by atoms with Crippen LogP contribution in [0.3, 0.4) is 0 Å². The van der Waals surface area contributed by atoms with Crippen LogP contribution in [0.25, 0.3) is 0 Å². The van der Waals surface area contributed by atoms with E-state index in [0.717, 1.165) is 19.1 Å². The summed E-state index contributed by atoms with van der Waals surface area (Å²) in [7, 11) is 1.00. The molecule has 0 bridgehead atoms. The van der Waals surface area contributed by atoms with Gasteiger partial charge in [0.05, 0.1) is 11.9 Å². The van der Waals surface area contributed by atoms with E-state index in [1.165, 1.54) is 6.20 Å². The summed E-state index contributed by atoms with van der Waals surface area (Å²) in [5, 5.41) is 9.37. The van der Waals surface area contributed by atoms with Gasteiger partial charge in [0.2, 0.25) is 6.29 Å². The summed E-state index contributed by atoms with van der Waals surface area (Å²) in [4.78, 5) is 24.7. The molecule has 0 aromatic carbocycles. The van der Waals surface area contributed by atoms with E-state index < -0.39 is 5.91 Å². The molecule has 6 heteroatoms. The Morgan fingerprint density at radius 3 is 2.75 bits per heavy atom. The van der Waals surface area contributed by atoms with E-state index >= 15 is 0 Å². The van der Waals surface area contributed by atoms with Gasteiger partial charge in [-0.3, -0.25) is 9.59 Å². The number of aldehydes is 1. The van der Waals surface area contributed by atoms with Crippen LogP contribution in [-0.2, 0) is 16.0 Å². The monoisotopic (exact) mass is 225 g/mol. The lowest BCUT2D eigenvalue weighted by Crippen LogP contribution is -2.13. The zero-order valence-corrected chi connectivity index (χ0v) is 9.23. The summed E-state index contributed by atoms with van der Waals surface area (Å²) in [6.45, 7) is 1.93. The van der Waals surface area contributed by atoms with Crippen molar-refractivity contribution in [3.63, 3.8) is 0 Å². The van der Waals surface area contributed by atoms with Crippen LogP contribution in [0.5, 0.6) is 0 Å². The number of rotatable bonds is 3. The minimum atomic E-state index is -0.696. The molecular weight excluding hydrogens is 210 g/mol. The third-order valence-corrected chi connectivity index (χ3v) is 1.76. The van der Waals surface area contributed by atoms with Gasteiger partial charge >= 0.3 is 0 Å². The molecule has 0 unspecified atom stereocenters. The molecule has 0 fully saturated rings. The van der Waals surface area contributed by atoms with Gasteiger partial charge in [-0.15, -0.1) is 0 Å². The summed E-state index contributed by atoms with van der Waals surface area (Å²) in [5.41, 5.74) is 6.89. The van der Waals surface area contributed by atoms with E-state index in [0.29, 0.717) is 11.5 Å². The number of aliphatic hydroxyl groups excluding tert-OH is 1. The van der Waals surface area contributed by atoms with Crippen molar-refractivity contribution >= 4 is 23.7 Å². The van der Waals surface area contributed by atoms with E-state index in [1.54, 1.807) is 6.07 Å². The number of aryl methyl sites for hydroxylation is 1. The highest BCUT2D eigenvalue weighted by Crippen LogP contribution is 2.14. The van der Waals surface area contributed by atoms with Crippen molar-refractivity contribution in [1.29, 1.82) is 0 Å². The Hall–Kier alpha value is -1.95. The molecule has 0 spiro atoms. The molecule has 1 aromatic rings. The molecule has 0 radical (unpaired) electrons. The lowest BCUT2D eigenvalue weighted by atomic mass is 10.2. The van der Waals surface area contributed by atoms with Gasteiger partial charge < -0.3 is 16.2 Å². The molecule has 0 aliphatic heterocycles. The van der Waals surface area contributed by atoms with Crippen LogP contribution in [0.4, 0.5) is 11.5 Å². The first-order valence-electron chi connectivity index (χ1n) is 4.62. The largest absolute Gasteiger partial charge is 0.400 e. The predicted octanol–water partition coefficient (Wildman–Crippen LogP) is -0.0279. The summed E-state index contributed by atoms with van der Waals surface area (Å²) < 4.78 is 0. The number of hydrogen-bond donors (Lipinski definition) is 3. The maximum atomic E-state index is 10.7. The lowest BCUT2D eigenvalue weighted by Gasteiger charge is -2.05. The van der Waals surface area contributed by atoms with Crippen LogP contribution < -0.4 is 11.1 Å². The normalized spacial score (nSPS) is 8.69. The van der Waals surface area contributed by atoms with Crippen molar-refractivity contribution in [2.24, 2.45) is 0 Å². The Morgan fingerprint density at radius 1 is 1.62 bits per heavy atom. The van der Waals surface area contributed by atoms with Gasteiger partial charge in [0.15, 0.2) is 0 Å². The van der Waals surface area contributed by atoms with E-state index in [1.807, 2.05) is 6.92 Å². The molecule has 4 N–H and O–H groups in total. The summed E-state index contributed by atoms with van der Waals surface area (Å²) in [6, 6.07) is 1.70. The Balaban J connectivity index is 0.00000106. The number of aliphatic hydroxyl groups is 1. The second-order valence-electron chi connectivity index (χ2n) is 2.73. The van der Waals surface area contributed by atoms with Gasteiger partial charge in [0.1, 0.15) is 5.82 Å². The maximum Gasteiger partial charge on any atom is 0.288 e. The standard InChI is InChI=1S/C9H11N3O2.CH4O/c1-2-6-3-7(4-11-9(6)10)12-8(14)5-13;1-2/h3-5H,2H2,1H3,(H2,10,11)(H,12,14);2H,1H3.